The van der Waals surface area contributed by atoms with Crippen molar-refractivity contribution in [1.82, 2.24) is 19.5 Å². The Labute approximate surface area is 130 Å². The molecule has 1 unspecified atom stereocenters. The number of anilines is 1. The van der Waals surface area contributed by atoms with Gasteiger partial charge in [0.25, 0.3) is 0 Å². The van der Waals surface area contributed by atoms with E-state index in [9.17, 15) is 15.3 Å². The van der Waals surface area contributed by atoms with Gasteiger partial charge < -0.3 is 25.8 Å². The molecule has 1 saturated heterocycles. The molecule has 4 atom stereocenters. The molecule has 2 aromatic heterocycles. The lowest BCUT2D eigenvalue weighted by Crippen LogP contribution is -2.42. The fourth-order valence-corrected chi connectivity index (χ4v) is 2.88. The van der Waals surface area contributed by atoms with E-state index in [0.29, 0.717) is 11.2 Å². The average molecular weight is 330 g/mol. The standard InChI is InChI=1S/C12H16ClN5O4/c1-12(3-20)5(2-19)22-10(7(12)21)18-4-15-6-8(13)16-11(14)17-9(6)18/h4-5,7,10,19-21H,2-3H2,1H3,(H2,14,16,17)/t5-,7?,10-,12+/m1/s1. The smallest absolute Gasteiger partial charge is 0.223 e. The van der Waals surface area contributed by atoms with E-state index in [4.69, 9.17) is 22.1 Å². The van der Waals surface area contributed by atoms with Crippen molar-refractivity contribution in [2.45, 2.75) is 25.4 Å². The monoisotopic (exact) mass is 329 g/mol. The Bertz CT molecular complexity index is 710. The first-order valence-corrected chi connectivity index (χ1v) is 7.01. The van der Waals surface area contributed by atoms with Gasteiger partial charge in [-0.05, 0) is 0 Å². The van der Waals surface area contributed by atoms with Gasteiger partial charge in [0.1, 0.15) is 11.6 Å². The summed E-state index contributed by atoms with van der Waals surface area (Å²) in [5, 5.41) is 29.6. The van der Waals surface area contributed by atoms with E-state index in [0.717, 1.165) is 0 Å². The molecule has 1 aliphatic rings. The summed E-state index contributed by atoms with van der Waals surface area (Å²) in [5.74, 6) is -0.0321. The molecule has 2 aromatic rings. The van der Waals surface area contributed by atoms with Gasteiger partial charge in [-0.1, -0.05) is 18.5 Å². The quantitative estimate of drug-likeness (QED) is 0.543. The summed E-state index contributed by atoms with van der Waals surface area (Å²) in [6.45, 7) is 0.948. The van der Waals surface area contributed by atoms with Crippen LogP contribution in [0, 0.1) is 5.41 Å². The summed E-state index contributed by atoms with van der Waals surface area (Å²) in [6.07, 6.45) is -1.30. The first-order valence-electron chi connectivity index (χ1n) is 6.63. The van der Waals surface area contributed by atoms with Crippen molar-refractivity contribution in [2.24, 2.45) is 5.41 Å². The molecule has 3 rings (SSSR count). The number of nitrogens with two attached hydrogens (primary N) is 1. The second-order valence-corrected chi connectivity index (χ2v) is 5.86. The van der Waals surface area contributed by atoms with Gasteiger partial charge in [-0.15, -0.1) is 0 Å². The largest absolute Gasteiger partial charge is 0.396 e. The Morgan fingerprint density at radius 2 is 2.18 bits per heavy atom. The fourth-order valence-electron chi connectivity index (χ4n) is 2.66. The van der Waals surface area contributed by atoms with Crippen LogP contribution in [0.25, 0.3) is 11.2 Å². The van der Waals surface area contributed by atoms with Gasteiger partial charge >= 0.3 is 0 Å². The number of nitrogen functional groups attached to an aromatic ring is 1. The molecule has 0 saturated carbocycles. The zero-order chi connectivity index (χ0) is 16.1. The van der Waals surface area contributed by atoms with Gasteiger partial charge in [0.2, 0.25) is 5.95 Å². The highest BCUT2D eigenvalue weighted by Crippen LogP contribution is 2.43. The Morgan fingerprint density at radius 1 is 1.45 bits per heavy atom. The van der Waals surface area contributed by atoms with Gasteiger partial charge in [-0.3, -0.25) is 4.57 Å². The van der Waals surface area contributed by atoms with Crippen LogP contribution in [0.1, 0.15) is 13.2 Å². The lowest BCUT2D eigenvalue weighted by atomic mass is 9.81. The van der Waals surface area contributed by atoms with Crippen LogP contribution >= 0.6 is 11.6 Å². The van der Waals surface area contributed by atoms with Gasteiger partial charge in [0.05, 0.1) is 25.6 Å². The first-order chi connectivity index (χ1) is 10.4. The summed E-state index contributed by atoms with van der Waals surface area (Å²) >= 11 is 5.97. The molecule has 22 heavy (non-hydrogen) atoms. The molecule has 1 aliphatic heterocycles. The summed E-state index contributed by atoms with van der Waals surface area (Å²) < 4.78 is 7.15. The molecule has 0 amide bonds. The minimum atomic E-state index is -1.08. The first kappa shape index (κ1) is 15.4. The van der Waals surface area contributed by atoms with Crippen molar-refractivity contribution in [3.8, 4) is 0 Å². The minimum absolute atomic E-state index is 0.0321. The number of nitrogens with zero attached hydrogens (tertiary/aromatic N) is 4. The molecule has 1 fully saturated rings. The fraction of sp³-hybridized carbons (Fsp3) is 0.583. The van der Waals surface area contributed by atoms with Crippen LogP contribution < -0.4 is 5.73 Å². The Morgan fingerprint density at radius 3 is 2.77 bits per heavy atom. The normalized spacial score (nSPS) is 32.0. The molecular formula is C12H16ClN5O4. The summed E-state index contributed by atoms with van der Waals surface area (Å²) in [7, 11) is 0. The van der Waals surface area contributed by atoms with E-state index < -0.39 is 23.9 Å². The SMILES string of the molecule is C[C@@]1(CO)C(O)[C@H](n2cnc3c(Cl)nc(N)nc32)O[C@@H]1CO. The van der Waals surface area contributed by atoms with Crippen molar-refractivity contribution < 1.29 is 20.1 Å². The highest BCUT2D eigenvalue weighted by atomic mass is 35.5. The molecule has 5 N–H and O–H groups in total. The maximum atomic E-state index is 10.5. The number of aromatic nitrogens is 4. The van der Waals surface area contributed by atoms with E-state index in [1.807, 2.05) is 0 Å². The molecule has 0 spiro atoms. The molecule has 0 aliphatic carbocycles. The van der Waals surface area contributed by atoms with Crippen molar-refractivity contribution in [3.63, 3.8) is 0 Å². The topological polar surface area (TPSA) is 140 Å². The summed E-state index contributed by atoms with van der Waals surface area (Å²) in [6, 6.07) is 0. The van der Waals surface area contributed by atoms with Crippen LogP contribution in [-0.2, 0) is 4.74 Å². The zero-order valence-corrected chi connectivity index (χ0v) is 12.5. The van der Waals surface area contributed by atoms with Crippen molar-refractivity contribution in [1.29, 1.82) is 0 Å². The van der Waals surface area contributed by atoms with Crippen LogP contribution in [0.5, 0.6) is 0 Å². The average Bonchev–Trinajstić information content (AvgIpc) is 3.00. The number of imidazole rings is 1. The van der Waals surface area contributed by atoms with E-state index in [-0.39, 0.29) is 24.3 Å². The number of halogens is 1. The van der Waals surface area contributed by atoms with Crippen LogP contribution in [-0.4, -0.2) is 60.3 Å². The highest BCUT2D eigenvalue weighted by Gasteiger charge is 2.53. The lowest BCUT2D eigenvalue weighted by Gasteiger charge is -2.29. The maximum absolute atomic E-state index is 10.5. The van der Waals surface area contributed by atoms with Crippen molar-refractivity contribution >= 4 is 28.7 Å². The minimum Gasteiger partial charge on any atom is -0.396 e. The molecule has 0 bridgehead atoms. The Balaban J connectivity index is 2.09. The molecule has 0 radical (unpaired) electrons. The third-order valence-electron chi connectivity index (χ3n) is 4.16. The number of aliphatic hydroxyl groups is 3. The second-order valence-electron chi connectivity index (χ2n) is 5.50. The number of aliphatic hydroxyl groups excluding tert-OH is 3. The molecule has 120 valence electrons. The molecule has 9 nitrogen and oxygen atoms in total. The number of rotatable bonds is 3. The highest BCUT2D eigenvalue weighted by molar-refractivity contribution is 6.33. The lowest BCUT2D eigenvalue weighted by molar-refractivity contribution is -0.0539. The van der Waals surface area contributed by atoms with Gasteiger partial charge in [0.15, 0.2) is 17.0 Å². The zero-order valence-electron chi connectivity index (χ0n) is 11.7. The van der Waals surface area contributed by atoms with Gasteiger partial charge in [-0.25, -0.2) is 4.98 Å². The number of hydrogen-bond donors (Lipinski definition) is 4. The summed E-state index contributed by atoms with van der Waals surface area (Å²) in [5.41, 5.74) is 5.20. The number of ether oxygens (including phenoxy) is 1. The Hall–Kier alpha value is -1.52. The molecular weight excluding hydrogens is 314 g/mol. The van der Waals surface area contributed by atoms with Crippen LogP contribution in [0.2, 0.25) is 5.15 Å². The van der Waals surface area contributed by atoms with E-state index in [1.54, 1.807) is 6.92 Å². The maximum Gasteiger partial charge on any atom is 0.223 e. The predicted octanol–water partition coefficient (Wildman–Crippen LogP) is -0.689. The van der Waals surface area contributed by atoms with E-state index in [2.05, 4.69) is 15.0 Å². The van der Waals surface area contributed by atoms with E-state index in [1.165, 1.54) is 10.9 Å². The van der Waals surface area contributed by atoms with Crippen LogP contribution in [0.4, 0.5) is 5.95 Å². The van der Waals surface area contributed by atoms with Crippen molar-refractivity contribution in [3.05, 3.63) is 11.5 Å². The third-order valence-corrected chi connectivity index (χ3v) is 4.43. The van der Waals surface area contributed by atoms with Gasteiger partial charge in [-0.2, -0.15) is 9.97 Å². The number of hydrogen-bond acceptors (Lipinski definition) is 8. The molecule has 10 heteroatoms. The van der Waals surface area contributed by atoms with E-state index >= 15 is 0 Å². The predicted molar refractivity (Wildman–Crippen MR) is 76.9 cm³/mol. The molecule has 0 aromatic carbocycles. The third kappa shape index (κ3) is 2.05. The second kappa shape index (κ2) is 5.28. The van der Waals surface area contributed by atoms with Crippen molar-refractivity contribution in [2.75, 3.05) is 18.9 Å². The number of fused-ring (bicyclic) bond motifs is 1. The van der Waals surface area contributed by atoms with Gasteiger partial charge in [0, 0.05) is 5.41 Å². The van der Waals surface area contributed by atoms with Crippen LogP contribution in [0.15, 0.2) is 6.33 Å². The molecule has 3 heterocycles. The summed E-state index contributed by atoms with van der Waals surface area (Å²) in [4.78, 5) is 12.0. The Kier molecular flexibility index (Phi) is 3.69. The van der Waals surface area contributed by atoms with Crippen LogP contribution in [0.3, 0.4) is 0 Å².